The van der Waals surface area contributed by atoms with Crippen molar-refractivity contribution in [2.75, 3.05) is 13.1 Å². The number of benzene rings is 2. The maximum atomic E-state index is 12.9. The van der Waals surface area contributed by atoms with Gasteiger partial charge in [-0.2, -0.15) is 0 Å². The van der Waals surface area contributed by atoms with Crippen molar-refractivity contribution >= 4 is 28.3 Å². The highest BCUT2D eigenvalue weighted by atomic mass is 32.1. The summed E-state index contributed by atoms with van der Waals surface area (Å²) in [6.07, 6.45) is 1.68. The SMILES string of the molecule is Cc1ccc(OCc2nc(C(=O)N3CCC(c4nc5ccccc5o4)CC3)cs2)cc1. The van der Waals surface area contributed by atoms with E-state index < -0.39 is 0 Å². The van der Waals surface area contributed by atoms with Crippen molar-refractivity contribution in [3.63, 3.8) is 0 Å². The van der Waals surface area contributed by atoms with Crippen LogP contribution in [0.4, 0.5) is 0 Å². The van der Waals surface area contributed by atoms with Crippen LogP contribution in [0.5, 0.6) is 5.75 Å². The van der Waals surface area contributed by atoms with Crippen molar-refractivity contribution in [1.29, 1.82) is 0 Å². The van der Waals surface area contributed by atoms with Gasteiger partial charge >= 0.3 is 0 Å². The molecule has 2 aromatic carbocycles. The minimum atomic E-state index is -0.0196. The molecular weight excluding hydrogens is 410 g/mol. The number of amides is 1. The van der Waals surface area contributed by atoms with Crippen LogP contribution in [0, 0.1) is 6.92 Å². The Morgan fingerprint density at radius 1 is 1.13 bits per heavy atom. The Labute approximate surface area is 184 Å². The van der Waals surface area contributed by atoms with Gasteiger partial charge in [0.05, 0.1) is 0 Å². The average Bonchev–Trinajstić information content (AvgIpc) is 3.45. The summed E-state index contributed by atoms with van der Waals surface area (Å²) in [5.74, 6) is 1.80. The number of nitrogens with zero attached hydrogens (tertiary/aromatic N) is 3. The third-order valence-corrected chi connectivity index (χ3v) is 6.42. The number of carbonyl (C=O) groups excluding carboxylic acids is 1. The lowest BCUT2D eigenvalue weighted by molar-refractivity contribution is 0.0701. The Morgan fingerprint density at radius 2 is 1.90 bits per heavy atom. The van der Waals surface area contributed by atoms with E-state index in [1.54, 1.807) is 0 Å². The number of carbonyl (C=O) groups is 1. The van der Waals surface area contributed by atoms with Crippen molar-refractivity contribution in [3.05, 3.63) is 76.1 Å². The predicted molar refractivity (Wildman–Crippen MR) is 120 cm³/mol. The molecule has 0 unspecified atom stereocenters. The molecule has 1 aliphatic rings. The summed E-state index contributed by atoms with van der Waals surface area (Å²) >= 11 is 1.46. The molecule has 1 amide bonds. The fourth-order valence-corrected chi connectivity index (χ4v) is 4.49. The van der Waals surface area contributed by atoms with Crippen molar-refractivity contribution in [2.24, 2.45) is 0 Å². The second-order valence-electron chi connectivity index (χ2n) is 7.81. The van der Waals surface area contributed by atoms with E-state index in [4.69, 9.17) is 9.15 Å². The Hall–Kier alpha value is -3.19. The van der Waals surface area contributed by atoms with Gasteiger partial charge in [-0.25, -0.2) is 9.97 Å². The van der Waals surface area contributed by atoms with E-state index in [1.165, 1.54) is 16.9 Å². The number of likely N-dealkylation sites (tertiary alicyclic amines) is 1. The molecule has 4 aromatic rings. The second kappa shape index (κ2) is 8.51. The third kappa shape index (κ3) is 4.32. The van der Waals surface area contributed by atoms with Crippen LogP contribution in [0.2, 0.25) is 0 Å². The number of oxazole rings is 1. The van der Waals surface area contributed by atoms with Gasteiger partial charge in [0.15, 0.2) is 11.5 Å². The third-order valence-electron chi connectivity index (χ3n) is 5.60. The molecule has 0 bridgehead atoms. The number of rotatable bonds is 5. The smallest absolute Gasteiger partial charge is 0.273 e. The highest BCUT2D eigenvalue weighted by Gasteiger charge is 2.28. The summed E-state index contributed by atoms with van der Waals surface area (Å²) in [6, 6.07) is 15.7. The van der Waals surface area contributed by atoms with E-state index in [0.29, 0.717) is 25.4 Å². The topological polar surface area (TPSA) is 68.5 Å². The van der Waals surface area contributed by atoms with Crippen molar-refractivity contribution in [3.8, 4) is 5.75 Å². The standard InChI is InChI=1S/C24H23N3O3S/c1-16-6-8-18(9-7-16)29-14-22-25-20(15-31-22)24(28)27-12-10-17(11-13-27)23-26-19-4-2-3-5-21(19)30-23/h2-9,15,17H,10-14H2,1H3. The second-order valence-corrected chi connectivity index (χ2v) is 8.76. The number of aromatic nitrogens is 2. The van der Waals surface area contributed by atoms with Gasteiger partial charge in [-0.15, -0.1) is 11.3 Å². The molecule has 31 heavy (non-hydrogen) atoms. The minimum Gasteiger partial charge on any atom is -0.486 e. The summed E-state index contributed by atoms with van der Waals surface area (Å²) in [6.45, 7) is 3.75. The molecule has 0 spiro atoms. The van der Waals surface area contributed by atoms with Gasteiger partial charge in [-0.05, 0) is 44.0 Å². The van der Waals surface area contributed by atoms with Gasteiger partial charge in [0, 0.05) is 24.4 Å². The lowest BCUT2D eigenvalue weighted by atomic mass is 9.96. The first-order valence-corrected chi connectivity index (χ1v) is 11.3. The van der Waals surface area contributed by atoms with Crippen LogP contribution in [0.3, 0.4) is 0 Å². The molecule has 0 N–H and O–H groups in total. The van der Waals surface area contributed by atoms with Crippen LogP contribution >= 0.6 is 11.3 Å². The molecule has 7 heteroatoms. The molecule has 1 aliphatic heterocycles. The average molecular weight is 434 g/mol. The first kappa shape index (κ1) is 19.8. The maximum Gasteiger partial charge on any atom is 0.273 e. The summed E-state index contributed by atoms with van der Waals surface area (Å²) in [5, 5.41) is 2.62. The summed E-state index contributed by atoms with van der Waals surface area (Å²) in [7, 11) is 0. The lowest BCUT2D eigenvalue weighted by Crippen LogP contribution is -2.38. The van der Waals surface area contributed by atoms with Crippen LogP contribution in [-0.2, 0) is 6.61 Å². The number of aryl methyl sites for hydroxylation is 1. The van der Waals surface area contributed by atoms with Gasteiger partial charge in [-0.3, -0.25) is 4.79 Å². The largest absolute Gasteiger partial charge is 0.486 e. The van der Waals surface area contributed by atoms with Crippen LogP contribution < -0.4 is 4.74 Å². The molecule has 1 saturated heterocycles. The van der Waals surface area contributed by atoms with Crippen molar-refractivity contribution < 1.29 is 13.9 Å². The van der Waals surface area contributed by atoms with Gasteiger partial charge in [0.25, 0.3) is 5.91 Å². The van der Waals surface area contributed by atoms with Gasteiger partial charge in [0.2, 0.25) is 0 Å². The Kier molecular flexibility index (Phi) is 5.42. The van der Waals surface area contributed by atoms with Crippen LogP contribution in [-0.4, -0.2) is 33.9 Å². The Balaban J connectivity index is 1.17. The Bertz CT molecular complexity index is 1160. The van der Waals surface area contributed by atoms with Crippen LogP contribution in [0.15, 0.2) is 58.3 Å². The Morgan fingerprint density at radius 3 is 2.68 bits per heavy atom. The number of thiazole rings is 1. The van der Waals surface area contributed by atoms with Gasteiger partial charge in [-0.1, -0.05) is 29.8 Å². The maximum absolute atomic E-state index is 12.9. The molecule has 1 fully saturated rings. The number of fused-ring (bicyclic) bond motifs is 1. The van der Waals surface area contributed by atoms with Crippen molar-refractivity contribution in [1.82, 2.24) is 14.9 Å². The summed E-state index contributed by atoms with van der Waals surface area (Å²) in [5.41, 5.74) is 3.39. The number of ether oxygens (including phenoxy) is 1. The molecule has 0 saturated carbocycles. The molecular formula is C24H23N3O3S. The van der Waals surface area contributed by atoms with E-state index in [2.05, 4.69) is 9.97 Å². The fraction of sp³-hybridized carbons (Fsp3) is 0.292. The molecule has 0 aliphatic carbocycles. The summed E-state index contributed by atoms with van der Waals surface area (Å²) < 4.78 is 11.7. The van der Waals surface area contributed by atoms with E-state index in [0.717, 1.165) is 40.6 Å². The van der Waals surface area contributed by atoms with E-state index >= 15 is 0 Å². The first-order valence-electron chi connectivity index (χ1n) is 10.4. The van der Waals surface area contributed by atoms with Gasteiger partial charge < -0.3 is 14.1 Å². The van der Waals surface area contributed by atoms with Crippen LogP contribution in [0.25, 0.3) is 11.1 Å². The zero-order valence-corrected chi connectivity index (χ0v) is 18.1. The minimum absolute atomic E-state index is 0.0196. The molecule has 158 valence electrons. The van der Waals surface area contributed by atoms with E-state index in [9.17, 15) is 4.79 Å². The fourth-order valence-electron chi connectivity index (χ4n) is 3.81. The summed E-state index contributed by atoms with van der Waals surface area (Å²) in [4.78, 5) is 23.9. The number of para-hydroxylation sites is 2. The molecule has 2 aromatic heterocycles. The van der Waals surface area contributed by atoms with Gasteiger partial charge in [0.1, 0.15) is 28.6 Å². The molecule has 5 rings (SSSR count). The van der Waals surface area contributed by atoms with E-state index in [-0.39, 0.29) is 11.8 Å². The molecule has 3 heterocycles. The normalized spacial score (nSPS) is 14.8. The number of hydrogen-bond acceptors (Lipinski definition) is 6. The molecule has 0 radical (unpaired) electrons. The quantitative estimate of drug-likeness (QED) is 0.433. The highest BCUT2D eigenvalue weighted by Crippen LogP contribution is 2.30. The number of hydrogen-bond donors (Lipinski definition) is 0. The van der Waals surface area contributed by atoms with Crippen LogP contribution in [0.1, 0.15) is 45.7 Å². The molecule has 6 nitrogen and oxygen atoms in total. The zero-order valence-electron chi connectivity index (χ0n) is 17.3. The lowest BCUT2D eigenvalue weighted by Gasteiger charge is -2.30. The van der Waals surface area contributed by atoms with Crippen molar-refractivity contribution in [2.45, 2.75) is 32.3 Å². The highest BCUT2D eigenvalue weighted by molar-refractivity contribution is 7.09. The number of piperidine rings is 1. The predicted octanol–water partition coefficient (Wildman–Crippen LogP) is 5.19. The first-order chi connectivity index (χ1) is 15.2. The zero-order chi connectivity index (χ0) is 21.2. The molecule has 0 atom stereocenters. The monoisotopic (exact) mass is 433 g/mol. The van der Waals surface area contributed by atoms with E-state index in [1.807, 2.05) is 65.7 Å².